The van der Waals surface area contributed by atoms with Crippen molar-refractivity contribution >= 4 is 29.1 Å². The maximum absolute atomic E-state index is 11.9. The molecule has 4 nitrogen and oxygen atoms in total. The summed E-state index contributed by atoms with van der Waals surface area (Å²) in [6.07, 6.45) is 3.00. The van der Waals surface area contributed by atoms with Crippen molar-refractivity contribution in [3.63, 3.8) is 0 Å². The summed E-state index contributed by atoms with van der Waals surface area (Å²) < 4.78 is 0. The van der Waals surface area contributed by atoms with Crippen LogP contribution < -0.4 is 5.32 Å². The second-order valence-electron chi connectivity index (χ2n) is 3.88. The molecule has 1 aromatic rings. The summed E-state index contributed by atoms with van der Waals surface area (Å²) >= 11 is 5.87. The molecule has 0 radical (unpaired) electrons. The lowest BCUT2D eigenvalue weighted by Crippen LogP contribution is -2.23. The van der Waals surface area contributed by atoms with Crippen LogP contribution in [0.5, 0.6) is 0 Å². The Balaban J connectivity index is 3.11. The number of nitrogens with zero attached hydrogens (tertiary/aromatic N) is 1. The first-order valence-corrected chi connectivity index (χ1v) is 5.78. The first-order valence-electron chi connectivity index (χ1n) is 5.40. The minimum atomic E-state index is -0.299. The number of amides is 2. The van der Waals surface area contributed by atoms with Crippen LogP contribution in [0.3, 0.4) is 0 Å². The van der Waals surface area contributed by atoms with Gasteiger partial charge in [0.1, 0.15) is 0 Å². The number of halogens is 1. The van der Waals surface area contributed by atoms with Gasteiger partial charge in [-0.25, -0.2) is 0 Å². The lowest BCUT2D eigenvalue weighted by molar-refractivity contribution is -0.111. The molecular formula is C13H15ClN2O2. The highest BCUT2D eigenvalue weighted by molar-refractivity contribution is 6.31. The second kappa shape index (κ2) is 6.21. The molecule has 0 aliphatic heterocycles. The van der Waals surface area contributed by atoms with Gasteiger partial charge in [0.25, 0.3) is 5.91 Å². The fourth-order valence-electron chi connectivity index (χ4n) is 1.37. The standard InChI is InChI=1S/C13H15ClN2O2/c1-4-5-12(17)15-11-8-9(14)6-7-10(11)13(18)16(2)3/h4-8H,1-3H3,(H,15,17). The minimum Gasteiger partial charge on any atom is -0.345 e. The summed E-state index contributed by atoms with van der Waals surface area (Å²) in [7, 11) is 3.29. The smallest absolute Gasteiger partial charge is 0.255 e. The lowest BCUT2D eigenvalue weighted by Gasteiger charge is -2.14. The summed E-state index contributed by atoms with van der Waals surface area (Å²) in [4.78, 5) is 24.9. The predicted octanol–water partition coefficient (Wildman–Crippen LogP) is 2.56. The van der Waals surface area contributed by atoms with Gasteiger partial charge in [0, 0.05) is 19.1 Å². The van der Waals surface area contributed by atoms with Gasteiger partial charge in [-0.1, -0.05) is 17.7 Å². The van der Waals surface area contributed by atoms with Crippen molar-refractivity contribution in [2.24, 2.45) is 0 Å². The van der Waals surface area contributed by atoms with Crippen LogP contribution in [-0.4, -0.2) is 30.8 Å². The summed E-state index contributed by atoms with van der Waals surface area (Å²) in [5.41, 5.74) is 0.812. The quantitative estimate of drug-likeness (QED) is 0.855. The van der Waals surface area contributed by atoms with Crippen molar-refractivity contribution in [1.29, 1.82) is 0 Å². The Labute approximate surface area is 111 Å². The summed E-state index contributed by atoms with van der Waals surface area (Å²) in [5.74, 6) is -0.491. The van der Waals surface area contributed by atoms with Gasteiger partial charge in [-0.05, 0) is 31.2 Å². The number of rotatable bonds is 3. The molecule has 0 spiro atoms. The highest BCUT2D eigenvalue weighted by Crippen LogP contribution is 2.22. The zero-order chi connectivity index (χ0) is 13.7. The molecule has 0 aliphatic rings. The van der Waals surface area contributed by atoms with Crippen LogP contribution in [0.1, 0.15) is 17.3 Å². The SMILES string of the molecule is CC=CC(=O)Nc1cc(Cl)ccc1C(=O)N(C)C. The summed E-state index contributed by atoms with van der Waals surface area (Å²) in [5, 5.41) is 3.09. The van der Waals surface area contributed by atoms with Crippen LogP contribution in [0.15, 0.2) is 30.4 Å². The average molecular weight is 267 g/mol. The van der Waals surface area contributed by atoms with Gasteiger partial charge in [-0.3, -0.25) is 9.59 Å². The Hall–Kier alpha value is -1.81. The van der Waals surface area contributed by atoms with Gasteiger partial charge in [-0.2, -0.15) is 0 Å². The van der Waals surface area contributed by atoms with Crippen molar-refractivity contribution in [3.8, 4) is 0 Å². The Bertz CT molecular complexity index is 496. The van der Waals surface area contributed by atoms with Crippen molar-refractivity contribution in [2.75, 3.05) is 19.4 Å². The van der Waals surface area contributed by atoms with E-state index < -0.39 is 0 Å². The van der Waals surface area contributed by atoms with E-state index in [0.717, 1.165) is 0 Å². The molecular weight excluding hydrogens is 252 g/mol. The zero-order valence-electron chi connectivity index (χ0n) is 10.5. The van der Waals surface area contributed by atoms with Gasteiger partial charge in [0.05, 0.1) is 11.3 Å². The number of hydrogen-bond donors (Lipinski definition) is 1. The molecule has 0 saturated heterocycles. The van der Waals surface area contributed by atoms with Crippen LogP contribution in [-0.2, 0) is 4.79 Å². The molecule has 5 heteroatoms. The van der Waals surface area contributed by atoms with E-state index in [-0.39, 0.29) is 11.8 Å². The van der Waals surface area contributed by atoms with Crippen LogP contribution in [0.4, 0.5) is 5.69 Å². The minimum absolute atomic E-state index is 0.192. The normalized spacial score (nSPS) is 10.4. The van der Waals surface area contributed by atoms with E-state index in [2.05, 4.69) is 5.32 Å². The predicted molar refractivity (Wildman–Crippen MR) is 72.9 cm³/mol. The number of carbonyl (C=O) groups excluding carboxylic acids is 2. The number of benzene rings is 1. The van der Waals surface area contributed by atoms with E-state index in [9.17, 15) is 9.59 Å². The first-order chi connectivity index (χ1) is 8.45. The molecule has 18 heavy (non-hydrogen) atoms. The van der Waals surface area contributed by atoms with Gasteiger partial charge < -0.3 is 10.2 Å². The molecule has 0 heterocycles. The third-order valence-electron chi connectivity index (χ3n) is 2.19. The molecule has 0 fully saturated rings. The van der Waals surface area contributed by atoms with E-state index >= 15 is 0 Å². The van der Waals surface area contributed by atoms with E-state index in [4.69, 9.17) is 11.6 Å². The second-order valence-corrected chi connectivity index (χ2v) is 4.32. The van der Waals surface area contributed by atoms with E-state index in [1.165, 1.54) is 11.0 Å². The van der Waals surface area contributed by atoms with Crippen LogP contribution >= 0.6 is 11.6 Å². The number of nitrogens with one attached hydrogen (secondary N) is 1. The first kappa shape index (κ1) is 14.3. The monoisotopic (exact) mass is 266 g/mol. The van der Waals surface area contributed by atoms with Gasteiger partial charge in [0.2, 0.25) is 5.91 Å². The van der Waals surface area contributed by atoms with Gasteiger partial charge in [0.15, 0.2) is 0 Å². The lowest BCUT2D eigenvalue weighted by atomic mass is 10.1. The van der Waals surface area contributed by atoms with Crippen molar-refractivity contribution in [3.05, 3.63) is 40.9 Å². The van der Waals surface area contributed by atoms with E-state index in [1.54, 1.807) is 45.3 Å². The Kier molecular flexibility index (Phi) is 4.92. The van der Waals surface area contributed by atoms with E-state index in [1.807, 2.05) is 0 Å². The van der Waals surface area contributed by atoms with E-state index in [0.29, 0.717) is 16.3 Å². The molecule has 0 atom stereocenters. The highest BCUT2D eigenvalue weighted by atomic mass is 35.5. The maximum Gasteiger partial charge on any atom is 0.255 e. The van der Waals surface area contributed by atoms with Gasteiger partial charge in [-0.15, -0.1) is 0 Å². The van der Waals surface area contributed by atoms with Crippen molar-refractivity contribution in [1.82, 2.24) is 4.90 Å². The number of anilines is 1. The molecule has 1 N–H and O–H groups in total. The number of allylic oxidation sites excluding steroid dienone is 1. The fraction of sp³-hybridized carbons (Fsp3) is 0.231. The molecule has 0 aromatic heterocycles. The largest absolute Gasteiger partial charge is 0.345 e. The van der Waals surface area contributed by atoms with Crippen molar-refractivity contribution < 1.29 is 9.59 Å². The van der Waals surface area contributed by atoms with Gasteiger partial charge >= 0.3 is 0 Å². The number of hydrogen-bond acceptors (Lipinski definition) is 2. The molecule has 1 aromatic carbocycles. The molecule has 1 rings (SSSR count). The zero-order valence-corrected chi connectivity index (χ0v) is 11.3. The molecule has 0 unspecified atom stereocenters. The topological polar surface area (TPSA) is 49.4 Å². The Morgan fingerprint density at radius 3 is 2.56 bits per heavy atom. The molecule has 0 bridgehead atoms. The Morgan fingerprint density at radius 1 is 1.33 bits per heavy atom. The third-order valence-corrected chi connectivity index (χ3v) is 2.43. The molecule has 96 valence electrons. The average Bonchev–Trinajstić information content (AvgIpc) is 2.28. The summed E-state index contributed by atoms with van der Waals surface area (Å²) in [6, 6.07) is 4.76. The van der Waals surface area contributed by atoms with Crippen LogP contribution in [0.25, 0.3) is 0 Å². The molecule has 0 aliphatic carbocycles. The van der Waals surface area contributed by atoms with Crippen molar-refractivity contribution in [2.45, 2.75) is 6.92 Å². The molecule has 2 amide bonds. The Morgan fingerprint density at radius 2 is 2.00 bits per heavy atom. The third kappa shape index (κ3) is 3.60. The highest BCUT2D eigenvalue weighted by Gasteiger charge is 2.14. The fourth-order valence-corrected chi connectivity index (χ4v) is 1.55. The molecule has 0 saturated carbocycles. The van der Waals surface area contributed by atoms with Crippen LogP contribution in [0.2, 0.25) is 5.02 Å². The summed E-state index contributed by atoms with van der Waals surface area (Å²) in [6.45, 7) is 1.74. The maximum atomic E-state index is 11.9. The van der Waals surface area contributed by atoms with Crippen LogP contribution in [0, 0.1) is 0 Å². The number of carbonyl (C=O) groups is 2.